The lowest BCUT2D eigenvalue weighted by Crippen LogP contribution is -2.49. The van der Waals surface area contributed by atoms with Crippen LogP contribution in [0.1, 0.15) is 39.9 Å². The molecule has 2 atom stereocenters. The molecule has 8 heteroatoms. The fourth-order valence-corrected chi connectivity index (χ4v) is 5.87. The van der Waals surface area contributed by atoms with Gasteiger partial charge in [-0.3, -0.25) is 9.59 Å². The molecule has 2 fully saturated rings. The van der Waals surface area contributed by atoms with Crippen molar-refractivity contribution in [3.63, 3.8) is 0 Å². The van der Waals surface area contributed by atoms with Crippen LogP contribution in [0.15, 0.2) is 40.5 Å². The third-order valence-electron chi connectivity index (χ3n) is 5.27. The highest BCUT2D eigenvalue weighted by molar-refractivity contribution is 7.99. The molecular weight excluding hydrogens is 394 g/mol. The molecule has 2 unspecified atom stereocenters. The largest absolute Gasteiger partial charge is 0.472 e. The van der Waals surface area contributed by atoms with Gasteiger partial charge >= 0.3 is 0 Å². The Bertz CT molecular complexity index is 773. The minimum absolute atomic E-state index is 0.0691. The first-order valence-electron chi connectivity index (χ1n) is 9.74. The topological polar surface area (TPSA) is 65.8 Å². The number of amides is 2. The Hall–Kier alpha value is -1.77. The number of hydrogen-bond acceptors (Lipinski definition) is 6. The Labute approximate surface area is 173 Å². The van der Waals surface area contributed by atoms with Gasteiger partial charge in [-0.25, -0.2) is 0 Å². The smallest absolute Gasteiger partial charge is 0.265 e. The van der Waals surface area contributed by atoms with Crippen molar-refractivity contribution in [1.29, 1.82) is 0 Å². The number of hydrogen-bond donors (Lipinski definition) is 1. The van der Waals surface area contributed by atoms with E-state index in [0.717, 1.165) is 25.2 Å². The molecule has 150 valence electrons. The number of piperidine rings is 1. The fraction of sp³-hybridized carbons (Fsp3) is 0.500. The quantitative estimate of drug-likeness (QED) is 0.779. The second-order valence-corrected chi connectivity index (χ2v) is 9.20. The SMILES string of the molecule is O=C(NCCN1CCCCC1)C1CSC(c2ccoc2)N1C(=O)c1cccs1. The number of carbonyl (C=O) groups is 2. The van der Waals surface area contributed by atoms with Crippen LogP contribution in [0, 0.1) is 0 Å². The highest BCUT2D eigenvalue weighted by Crippen LogP contribution is 2.42. The summed E-state index contributed by atoms with van der Waals surface area (Å²) in [4.78, 5) is 30.9. The molecule has 6 nitrogen and oxygen atoms in total. The van der Waals surface area contributed by atoms with E-state index in [-0.39, 0.29) is 17.2 Å². The molecule has 1 N–H and O–H groups in total. The normalized spacial score (nSPS) is 23.1. The molecule has 0 spiro atoms. The van der Waals surface area contributed by atoms with Crippen LogP contribution in [-0.4, -0.2) is 59.6 Å². The van der Waals surface area contributed by atoms with Gasteiger partial charge in [0.2, 0.25) is 5.91 Å². The number of furan rings is 1. The van der Waals surface area contributed by atoms with E-state index in [4.69, 9.17) is 4.42 Å². The van der Waals surface area contributed by atoms with E-state index >= 15 is 0 Å². The van der Waals surface area contributed by atoms with E-state index in [1.807, 2.05) is 23.6 Å². The predicted octanol–water partition coefficient (Wildman–Crippen LogP) is 3.20. The third-order valence-corrected chi connectivity index (χ3v) is 7.45. The van der Waals surface area contributed by atoms with E-state index in [1.165, 1.54) is 30.6 Å². The molecule has 2 amide bonds. The number of thioether (sulfide) groups is 1. The highest BCUT2D eigenvalue weighted by Gasteiger charge is 2.43. The van der Waals surface area contributed by atoms with E-state index < -0.39 is 6.04 Å². The molecule has 4 rings (SSSR count). The van der Waals surface area contributed by atoms with Gasteiger partial charge in [0.25, 0.3) is 5.91 Å². The summed E-state index contributed by atoms with van der Waals surface area (Å²) in [6.45, 7) is 3.72. The Balaban J connectivity index is 1.43. The predicted molar refractivity (Wildman–Crippen MR) is 111 cm³/mol. The first kappa shape index (κ1) is 19.5. The van der Waals surface area contributed by atoms with E-state index in [2.05, 4.69) is 10.2 Å². The van der Waals surface area contributed by atoms with Crippen molar-refractivity contribution >= 4 is 34.9 Å². The number of nitrogens with one attached hydrogen (secondary N) is 1. The zero-order chi connectivity index (χ0) is 19.3. The van der Waals surface area contributed by atoms with Crippen LogP contribution in [0.4, 0.5) is 0 Å². The molecule has 2 aromatic heterocycles. The van der Waals surface area contributed by atoms with Crippen LogP contribution >= 0.6 is 23.1 Å². The summed E-state index contributed by atoms with van der Waals surface area (Å²) in [5.74, 6) is 0.422. The average Bonchev–Trinajstić information content (AvgIpc) is 3.49. The van der Waals surface area contributed by atoms with Crippen molar-refractivity contribution in [2.24, 2.45) is 0 Å². The maximum absolute atomic E-state index is 13.2. The molecule has 0 radical (unpaired) electrons. The van der Waals surface area contributed by atoms with Crippen LogP contribution in [0.5, 0.6) is 0 Å². The maximum atomic E-state index is 13.2. The lowest BCUT2D eigenvalue weighted by Gasteiger charge is -2.29. The second-order valence-electron chi connectivity index (χ2n) is 7.14. The van der Waals surface area contributed by atoms with Crippen molar-refractivity contribution in [1.82, 2.24) is 15.1 Å². The number of thiophene rings is 1. The Morgan fingerprint density at radius 2 is 2.07 bits per heavy atom. The summed E-state index contributed by atoms with van der Waals surface area (Å²) in [6, 6.07) is 5.07. The number of nitrogens with zero attached hydrogens (tertiary/aromatic N) is 2. The molecule has 28 heavy (non-hydrogen) atoms. The summed E-state index contributed by atoms with van der Waals surface area (Å²) >= 11 is 3.02. The molecule has 0 aliphatic carbocycles. The van der Waals surface area contributed by atoms with Crippen LogP contribution in [0.3, 0.4) is 0 Å². The third kappa shape index (κ3) is 4.29. The molecule has 2 aliphatic rings. The van der Waals surface area contributed by atoms with Gasteiger partial charge in [0, 0.05) is 24.4 Å². The van der Waals surface area contributed by atoms with Gasteiger partial charge in [-0.05, 0) is 43.4 Å². The standard InChI is InChI=1S/C20H25N3O3S2/c24-18(21-7-10-22-8-2-1-3-9-22)16-14-28-20(15-6-11-26-13-15)23(16)19(25)17-5-4-12-27-17/h4-6,11-13,16,20H,1-3,7-10,14H2,(H,21,24). The molecule has 2 aromatic rings. The van der Waals surface area contributed by atoms with Crippen LogP contribution in [0.25, 0.3) is 0 Å². The zero-order valence-electron chi connectivity index (χ0n) is 15.7. The number of carbonyl (C=O) groups excluding carboxylic acids is 2. The van der Waals surface area contributed by atoms with Gasteiger partial charge in [-0.1, -0.05) is 12.5 Å². The molecule has 0 saturated carbocycles. The summed E-state index contributed by atoms with van der Waals surface area (Å²) in [6.07, 6.45) is 7.04. The summed E-state index contributed by atoms with van der Waals surface area (Å²) < 4.78 is 5.22. The van der Waals surface area contributed by atoms with Crippen molar-refractivity contribution < 1.29 is 14.0 Å². The van der Waals surface area contributed by atoms with E-state index in [1.54, 1.807) is 29.2 Å². The molecule has 2 aliphatic heterocycles. The minimum atomic E-state index is -0.471. The van der Waals surface area contributed by atoms with E-state index in [0.29, 0.717) is 17.2 Å². The molecule has 0 aromatic carbocycles. The molecular formula is C20H25N3O3S2. The highest BCUT2D eigenvalue weighted by atomic mass is 32.2. The lowest BCUT2D eigenvalue weighted by atomic mass is 10.1. The molecule has 0 bridgehead atoms. The summed E-state index contributed by atoms with van der Waals surface area (Å²) in [5, 5.41) is 4.74. The van der Waals surface area contributed by atoms with Crippen molar-refractivity contribution in [2.45, 2.75) is 30.7 Å². The zero-order valence-corrected chi connectivity index (χ0v) is 17.3. The average molecular weight is 420 g/mol. The van der Waals surface area contributed by atoms with Gasteiger partial charge in [0.05, 0.1) is 17.4 Å². The van der Waals surface area contributed by atoms with Crippen molar-refractivity contribution in [3.8, 4) is 0 Å². The number of likely N-dealkylation sites (tertiary alicyclic amines) is 1. The van der Waals surface area contributed by atoms with Gasteiger partial charge in [-0.2, -0.15) is 0 Å². The molecule has 4 heterocycles. The summed E-state index contributed by atoms with van der Waals surface area (Å²) in [7, 11) is 0. The molecule has 2 saturated heterocycles. The first-order valence-corrected chi connectivity index (χ1v) is 11.7. The van der Waals surface area contributed by atoms with Crippen molar-refractivity contribution in [3.05, 3.63) is 46.5 Å². The second kappa shape index (κ2) is 9.15. The van der Waals surface area contributed by atoms with Crippen molar-refractivity contribution in [2.75, 3.05) is 31.9 Å². The van der Waals surface area contributed by atoms with Crippen LogP contribution in [0.2, 0.25) is 0 Å². The fourth-order valence-electron chi connectivity index (χ4n) is 3.79. The lowest BCUT2D eigenvalue weighted by molar-refractivity contribution is -0.124. The minimum Gasteiger partial charge on any atom is -0.472 e. The number of rotatable bonds is 6. The van der Waals surface area contributed by atoms with Gasteiger partial charge in [0.1, 0.15) is 11.4 Å². The monoisotopic (exact) mass is 419 g/mol. The van der Waals surface area contributed by atoms with Gasteiger partial charge < -0.3 is 19.5 Å². The van der Waals surface area contributed by atoms with E-state index in [9.17, 15) is 9.59 Å². The maximum Gasteiger partial charge on any atom is 0.265 e. The van der Waals surface area contributed by atoms with Crippen LogP contribution in [-0.2, 0) is 4.79 Å². The van der Waals surface area contributed by atoms with Crippen LogP contribution < -0.4 is 5.32 Å². The summed E-state index contributed by atoms with van der Waals surface area (Å²) in [5.41, 5.74) is 0.915. The Morgan fingerprint density at radius 3 is 2.79 bits per heavy atom. The van der Waals surface area contributed by atoms with Gasteiger partial charge in [0.15, 0.2) is 0 Å². The Morgan fingerprint density at radius 1 is 1.21 bits per heavy atom. The first-order chi connectivity index (χ1) is 13.7. The Kier molecular flexibility index (Phi) is 6.39. The van der Waals surface area contributed by atoms with Gasteiger partial charge in [-0.15, -0.1) is 23.1 Å².